The Morgan fingerprint density at radius 3 is 2.73 bits per heavy atom. The number of fused-ring (bicyclic) bond motifs is 2. The fraction of sp³-hybridized carbons (Fsp3) is 0.0500. The van der Waals surface area contributed by atoms with Gasteiger partial charge in [0.1, 0.15) is 6.54 Å². The molecule has 1 N–H and O–H groups in total. The number of carbonyl (C=O) groups excluding carboxylic acids is 1. The van der Waals surface area contributed by atoms with Gasteiger partial charge in [-0.15, -0.1) is 0 Å². The van der Waals surface area contributed by atoms with Gasteiger partial charge >= 0.3 is 0 Å². The average molecular weight is 364 g/mol. The molecule has 0 aliphatic heterocycles. The van der Waals surface area contributed by atoms with E-state index in [1.54, 1.807) is 18.2 Å². The van der Waals surface area contributed by atoms with Gasteiger partial charge in [0.25, 0.3) is 5.56 Å². The van der Waals surface area contributed by atoms with Gasteiger partial charge in [-0.2, -0.15) is 0 Å². The van der Waals surface area contributed by atoms with Crippen LogP contribution in [0.3, 0.4) is 0 Å². The van der Waals surface area contributed by atoms with Crippen LogP contribution in [0.5, 0.6) is 0 Å². The highest BCUT2D eigenvalue weighted by Gasteiger charge is 2.10. The Balaban J connectivity index is 1.63. The zero-order chi connectivity index (χ0) is 18.1. The molecular weight excluding hydrogens is 350 g/mol. The number of nitrogens with one attached hydrogen (secondary N) is 1. The van der Waals surface area contributed by atoms with Crippen molar-refractivity contribution in [2.45, 2.75) is 6.54 Å². The van der Waals surface area contributed by atoms with Gasteiger partial charge in [0.05, 0.1) is 17.2 Å². The Bertz CT molecular complexity index is 1200. The highest BCUT2D eigenvalue weighted by atomic mass is 35.5. The third-order valence-electron chi connectivity index (χ3n) is 4.16. The predicted molar refractivity (Wildman–Crippen MR) is 104 cm³/mol. The van der Waals surface area contributed by atoms with Crippen LogP contribution in [0.25, 0.3) is 21.7 Å². The summed E-state index contributed by atoms with van der Waals surface area (Å²) in [6.45, 7) is -0.127. The first-order valence-corrected chi connectivity index (χ1v) is 8.42. The van der Waals surface area contributed by atoms with Gasteiger partial charge in [0.2, 0.25) is 5.91 Å². The van der Waals surface area contributed by atoms with Crippen molar-refractivity contribution in [3.05, 3.63) is 82.4 Å². The summed E-state index contributed by atoms with van der Waals surface area (Å²) in [5.41, 5.74) is 0.952. The van der Waals surface area contributed by atoms with Crippen molar-refractivity contribution in [2.24, 2.45) is 0 Å². The minimum atomic E-state index is -0.300. The minimum absolute atomic E-state index is 0.127. The highest BCUT2D eigenvalue weighted by molar-refractivity contribution is 6.31. The highest BCUT2D eigenvalue weighted by Crippen LogP contribution is 2.22. The molecule has 6 heteroatoms. The Hall–Kier alpha value is -3.18. The van der Waals surface area contributed by atoms with Gasteiger partial charge in [-0.05, 0) is 29.7 Å². The summed E-state index contributed by atoms with van der Waals surface area (Å²) in [4.78, 5) is 29.2. The maximum Gasteiger partial charge on any atom is 0.261 e. The fourth-order valence-corrected chi connectivity index (χ4v) is 3.09. The number of benzene rings is 3. The second kappa shape index (κ2) is 6.61. The van der Waals surface area contributed by atoms with Gasteiger partial charge in [-0.3, -0.25) is 14.2 Å². The lowest BCUT2D eigenvalue weighted by Gasteiger charge is -2.10. The zero-order valence-electron chi connectivity index (χ0n) is 13.6. The van der Waals surface area contributed by atoms with Crippen LogP contribution in [0, 0.1) is 0 Å². The quantitative estimate of drug-likeness (QED) is 0.601. The number of halogens is 1. The van der Waals surface area contributed by atoms with Crippen molar-refractivity contribution in [3.8, 4) is 0 Å². The van der Waals surface area contributed by atoms with E-state index < -0.39 is 0 Å². The lowest BCUT2D eigenvalue weighted by Crippen LogP contribution is -2.28. The van der Waals surface area contributed by atoms with Crippen LogP contribution in [-0.4, -0.2) is 15.5 Å². The second-order valence-electron chi connectivity index (χ2n) is 5.91. The second-order valence-corrected chi connectivity index (χ2v) is 6.35. The first-order valence-electron chi connectivity index (χ1n) is 8.04. The van der Waals surface area contributed by atoms with Crippen LogP contribution < -0.4 is 10.9 Å². The summed E-state index contributed by atoms with van der Waals surface area (Å²) in [6, 6.07) is 18.4. The van der Waals surface area contributed by atoms with Gasteiger partial charge < -0.3 is 5.32 Å². The molecule has 1 amide bonds. The van der Waals surface area contributed by atoms with E-state index in [0.717, 1.165) is 10.8 Å². The molecule has 0 atom stereocenters. The van der Waals surface area contributed by atoms with Gasteiger partial charge in [0, 0.05) is 16.1 Å². The van der Waals surface area contributed by atoms with Crippen LogP contribution in [0.2, 0.25) is 5.02 Å². The molecule has 0 aliphatic carbocycles. The number of aromatic nitrogens is 2. The van der Waals surface area contributed by atoms with Crippen molar-refractivity contribution in [3.63, 3.8) is 0 Å². The monoisotopic (exact) mass is 363 g/mol. The molecule has 0 fully saturated rings. The summed E-state index contributed by atoms with van der Waals surface area (Å²) >= 11 is 5.96. The maximum atomic E-state index is 12.6. The van der Waals surface area contributed by atoms with Gasteiger partial charge in [-0.1, -0.05) is 48.0 Å². The summed E-state index contributed by atoms with van der Waals surface area (Å²) in [6.07, 6.45) is 1.38. The lowest BCUT2D eigenvalue weighted by molar-refractivity contribution is -0.116. The molecule has 1 heterocycles. The van der Waals surface area contributed by atoms with Crippen LogP contribution in [0.4, 0.5) is 5.69 Å². The van der Waals surface area contributed by atoms with Crippen molar-refractivity contribution in [2.75, 3.05) is 5.32 Å². The lowest BCUT2D eigenvalue weighted by atomic mass is 10.1. The molecule has 1 aromatic heterocycles. The van der Waals surface area contributed by atoms with Crippen molar-refractivity contribution >= 4 is 44.9 Å². The number of rotatable bonds is 3. The topological polar surface area (TPSA) is 64.0 Å². The molecule has 4 rings (SSSR count). The summed E-state index contributed by atoms with van der Waals surface area (Å²) in [7, 11) is 0. The van der Waals surface area contributed by atoms with Crippen molar-refractivity contribution in [1.29, 1.82) is 0 Å². The van der Waals surface area contributed by atoms with Gasteiger partial charge in [-0.25, -0.2) is 4.98 Å². The molecule has 0 bridgehead atoms. The Labute approximate surface area is 153 Å². The standard InChI is InChI=1S/C20H14ClN3O2/c21-14-8-9-17-16(10-14)20(26)24(12-22-17)11-19(25)23-18-7-3-5-13-4-1-2-6-15(13)18/h1-10,12H,11H2,(H,23,25). The molecule has 0 radical (unpaired) electrons. The van der Waals surface area contributed by atoms with E-state index in [9.17, 15) is 9.59 Å². The number of anilines is 1. The smallest absolute Gasteiger partial charge is 0.261 e. The molecule has 0 spiro atoms. The van der Waals surface area contributed by atoms with Crippen LogP contribution in [0.1, 0.15) is 0 Å². The maximum absolute atomic E-state index is 12.6. The number of nitrogens with zero attached hydrogens (tertiary/aromatic N) is 2. The third kappa shape index (κ3) is 3.05. The molecule has 0 aliphatic rings. The van der Waals surface area contributed by atoms with Crippen LogP contribution in [0.15, 0.2) is 71.8 Å². The van der Waals surface area contributed by atoms with E-state index in [1.165, 1.54) is 10.9 Å². The molecule has 3 aromatic carbocycles. The number of carbonyl (C=O) groups is 1. The first-order chi connectivity index (χ1) is 12.6. The largest absolute Gasteiger partial charge is 0.324 e. The van der Waals surface area contributed by atoms with Crippen LogP contribution in [-0.2, 0) is 11.3 Å². The molecule has 128 valence electrons. The van der Waals surface area contributed by atoms with E-state index in [-0.39, 0.29) is 18.0 Å². The van der Waals surface area contributed by atoms with E-state index in [4.69, 9.17) is 11.6 Å². The molecule has 0 saturated carbocycles. The Morgan fingerprint density at radius 2 is 1.85 bits per heavy atom. The normalized spacial score (nSPS) is 11.0. The summed E-state index contributed by atoms with van der Waals surface area (Å²) in [5.74, 6) is -0.299. The van der Waals surface area contributed by atoms with Crippen molar-refractivity contribution in [1.82, 2.24) is 9.55 Å². The average Bonchev–Trinajstić information content (AvgIpc) is 2.65. The Morgan fingerprint density at radius 1 is 1.04 bits per heavy atom. The van der Waals surface area contributed by atoms with Crippen molar-refractivity contribution < 1.29 is 4.79 Å². The summed E-state index contributed by atoms with van der Waals surface area (Å²) < 4.78 is 1.28. The molecule has 26 heavy (non-hydrogen) atoms. The first kappa shape index (κ1) is 16.3. The number of amides is 1. The number of hydrogen-bond acceptors (Lipinski definition) is 3. The van der Waals surface area contributed by atoms with Crippen LogP contribution >= 0.6 is 11.6 Å². The molecule has 0 saturated heterocycles. The Kier molecular flexibility index (Phi) is 4.14. The minimum Gasteiger partial charge on any atom is -0.324 e. The molecular formula is C20H14ClN3O2. The summed E-state index contributed by atoms with van der Waals surface area (Å²) in [5, 5.41) is 5.68. The third-order valence-corrected chi connectivity index (χ3v) is 4.40. The fourth-order valence-electron chi connectivity index (χ4n) is 2.92. The molecule has 0 unspecified atom stereocenters. The van der Waals surface area contributed by atoms with E-state index in [2.05, 4.69) is 10.3 Å². The van der Waals surface area contributed by atoms with E-state index in [0.29, 0.717) is 21.6 Å². The number of hydrogen-bond donors (Lipinski definition) is 1. The SMILES string of the molecule is O=C(Cn1cnc2ccc(Cl)cc2c1=O)Nc1cccc2ccccc12. The predicted octanol–water partition coefficient (Wildman–Crippen LogP) is 3.84. The van der Waals surface area contributed by atoms with E-state index >= 15 is 0 Å². The molecule has 5 nitrogen and oxygen atoms in total. The van der Waals surface area contributed by atoms with Gasteiger partial charge in [0.15, 0.2) is 0 Å². The van der Waals surface area contributed by atoms with E-state index in [1.807, 2.05) is 42.5 Å². The molecule has 4 aromatic rings. The zero-order valence-corrected chi connectivity index (χ0v) is 14.4.